The number of imidazole rings is 1. The van der Waals surface area contributed by atoms with Crippen molar-refractivity contribution in [1.82, 2.24) is 24.9 Å². The molecule has 7 nitrogen and oxygen atoms in total. The number of carbonyl (C=O) groups excluding carboxylic acids is 1. The van der Waals surface area contributed by atoms with E-state index in [0.717, 1.165) is 29.4 Å². The Bertz CT molecular complexity index is 865. The van der Waals surface area contributed by atoms with E-state index in [9.17, 15) is 4.79 Å². The van der Waals surface area contributed by atoms with Crippen LogP contribution in [-0.4, -0.2) is 39.2 Å². The minimum Gasteiger partial charge on any atom is -0.361 e. The third kappa shape index (κ3) is 4.75. The molecule has 0 aliphatic heterocycles. The summed E-state index contributed by atoms with van der Waals surface area (Å²) in [6.45, 7) is 5.50. The molecule has 2 amide bonds. The number of urea groups is 1. The first kappa shape index (κ1) is 18.7. The van der Waals surface area contributed by atoms with E-state index in [1.165, 1.54) is 5.56 Å². The van der Waals surface area contributed by atoms with Crippen LogP contribution in [-0.2, 0) is 19.5 Å². The fourth-order valence-electron chi connectivity index (χ4n) is 2.95. The SMILES string of the molecule is Cc1noc(C)c1CN(C)C(=O)NCCc1nccn1Cc1ccccc1. The standard InChI is InChI=1S/C20H25N5O2/c1-15-18(16(2)27-23-15)14-24(3)20(26)22-10-9-19-21-11-12-25(19)13-17-7-5-4-6-8-17/h4-8,11-12H,9-10,13-14H2,1-3H3,(H,22,26). The summed E-state index contributed by atoms with van der Waals surface area (Å²) in [6, 6.07) is 10.1. The number of benzene rings is 1. The van der Waals surface area contributed by atoms with Crippen molar-refractivity contribution in [2.45, 2.75) is 33.4 Å². The van der Waals surface area contributed by atoms with Crippen LogP contribution in [0.2, 0.25) is 0 Å². The van der Waals surface area contributed by atoms with Gasteiger partial charge in [-0.15, -0.1) is 0 Å². The summed E-state index contributed by atoms with van der Waals surface area (Å²) >= 11 is 0. The second kappa shape index (κ2) is 8.53. The molecule has 27 heavy (non-hydrogen) atoms. The van der Waals surface area contributed by atoms with Crippen LogP contribution in [0, 0.1) is 13.8 Å². The minimum absolute atomic E-state index is 0.129. The number of amides is 2. The maximum atomic E-state index is 12.3. The Labute approximate surface area is 159 Å². The Morgan fingerprint density at radius 3 is 2.74 bits per heavy atom. The highest BCUT2D eigenvalue weighted by Gasteiger charge is 2.15. The van der Waals surface area contributed by atoms with E-state index in [4.69, 9.17) is 4.52 Å². The van der Waals surface area contributed by atoms with Crippen molar-refractivity contribution >= 4 is 6.03 Å². The van der Waals surface area contributed by atoms with E-state index in [-0.39, 0.29) is 6.03 Å². The normalized spacial score (nSPS) is 10.8. The largest absolute Gasteiger partial charge is 0.361 e. The van der Waals surface area contributed by atoms with Gasteiger partial charge in [-0.25, -0.2) is 9.78 Å². The lowest BCUT2D eigenvalue weighted by atomic mass is 10.2. The van der Waals surface area contributed by atoms with Crippen LogP contribution in [0.1, 0.15) is 28.4 Å². The molecule has 142 valence electrons. The lowest BCUT2D eigenvalue weighted by Gasteiger charge is -2.18. The molecule has 0 unspecified atom stereocenters. The van der Waals surface area contributed by atoms with Crippen LogP contribution in [0.4, 0.5) is 4.79 Å². The van der Waals surface area contributed by atoms with Crippen LogP contribution >= 0.6 is 0 Å². The molecule has 0 bridgehead atoms. The molecule has 2 aromatic heterocycles. The zero-order chi connectivity index (χ0) is 19.2. The topological polar surface area (TPSA) is 76.2 Å². The average Bonchev–Trinajstić information content (AvgIpc) is 3.23. The molecule has 1 N–H and O–H groups in total. The first-order valence-corrected chi connectivity index (χ1v) is 8.99. The van der Waals surface area contributed by atoms with Gasteiger partial charge < -0.3 is 19.3 Å². The van der Waals surface area contributed by atoms with Crippen molar-refractivity contribution in [3.05, 3.63) is 71.1 Å². The number of nitrogens with one attached hydrogen (secondary N) is 1. The van der Waals surface area contributed by atoms with Crippen molar-refractivity contribution in [1.29, 1.82) is 0 Å². The lowest BCUT2D eigenvalue weighted by Crippen LogP contribution is -2.38. The molecule has 0 aliphatic carbocycles. The van der Waals surface area contributed by atoms with Crippen molar-refractivity contribution < 1.29 is 9.32 Å². The van der Waals surface area contributed by atoms with Crippen molar-refractivity contribution in [3.63, 3.8) is 0 Å². The minimum atomic E-state index is -0.129. The van der Waals surface area contributed by atoms with Crippen molar-refractivity contribution in [2.75, 3.05) is 13.6 Å². The third-order valence-corrected chi connectivity index (χ3v) is 4.55. The molecule has 0 saturated carbocycles. The molecule has 3 rings (SSSR count). The van der Waals surface area contributed by atoms with Crippen LogP contribution in [0.25, 0.3) is 0 Å². The molecule has 0 spiro atoms. The Balaban J connectivity index is 1.50. The predicted octanol–water partition coefficient (Wildman–Crippen LogP) is 2.92. The Hall–Kier alpha value is -3.09. The molecule has 0 radical (unpaired) electrons. The molecule has 1 aromatic carbocycles. The van der Waals surface area contributed by atoms with Gasteiger partial charge in [0.25, 0.3) is 0 Å². The number of nitrogens with zero attached hydrogens (tertiary/aromatic N) is 4. The van der Waals surface area contributed by atoms with Gasteiger partial charge in [0.1, 0.15) is 11.6 Å². The average molecular weight is 367 g/mol. The van der Waals surface area contributed by atoms with Crippen LogP contribution < -0.4 is 5.32 Å². The van der Waals surface area contributed by atoms with E-state index in [1.807, 2.05) is 38.2 Å². The number of aryl methyl sites for hydroxylation is 2. The molecule has 0 atom stereocenters. The third-order valence-electron chi connectivity index (χ3n) is 4.55. The highest BCUT2D eigenvalue weighted by atomic mass is 16.5. The first-order valence-electron chi connectivity index (χ1n) is 8.99. The number of carbonyl (C=O) groups is 1. The summed E-state index contributed by atoms with van der Waals surface area (Å²) in [4.78, 5) is 18.4. The molecular formula is C20H25N5O2. The van der Waals surface area contributed by atoms with Gasteiger partial charge in [0.2, 0.25) is 0 Å². The van der Waals surface area contributed by atoms with Gasteiger partial charge in [0.05, 0.1) is 12.2 Å². The zero-order valence-electron chi connectivity index (χ0n) is 16.0. The maximum Gasteiger partial charge on any atom is 0.317 e. The van der Waals surface area contributed by atoms with E-state index >= 15 is 0 Å². The monoisotopic (exact) mass is 367 g/mol. The van der Waals surface area contributed by atoms with Gasteiger partial charge >= 0.3 is 6.03 Å². The van der Waals surface area contributed by atoms with Gasteiger partial charge in [0, 0.05) is 44.5 Å². The Morgan fingerprint density at radius 2 is 2.04 bits per heavy atom. The quantitative estimate of drug-likeness (QED) is 0.697. The van der Waals surface area contributed by atoms with Crippen LogP contribution in [0.15, 0.2) is 47.2 Å². The van der Waals surface area contributed by atoms with Crippen molar-refractivity contribution in [2.24, 2.45) is 0 Å². The Kier molecular flexibility index (Phi) is 5.90. The number of aromatic nitrogens is 3. The smallest absolute Gasteiger partial charge is 0.317 e. The second-order valence-electron chi connectivity index (χ2n) is 6.60. The van der Waals surface area contributed by atoms with Crippen LogP contribution in [0.3, 0.4) is 0 Å². The molecule has 3 aromatic rings. The molecule has 7 heteroatoms. The lowest BCUT2D eigenvalue weighted by molar-refractivity contribution is 0.206. The number of hydrogen-bond acceptors (Lipinski definition) is 4. The zero-order valence-corrected chi connectivity index (χ0v) is 16.0. The van der Waals surface area contributed by atoms with Gasteiger partial charge in [-0.3, -0.25) is 0 Å². The van der Waals surface area contributed by atoms with Gasteiger partial charge in [-0.1, -0.05) is 35.5 Å². The van der Waals surface area contributed by atoms with Crippen molar-refractivity contribution in [3.8, 4) is 0 Å². The molecule has 2 heterocycles. The first-order chi connectivity index (χ1) is 13.0. The molecule has 0 saturated heterocycles. The summed E-state index contributed by atoms with van der Waals surface area (Å²) in [5.74, 6) is 1.70. The number of rotatable bonds is 7. The van der Waals surface area contributed by atoms with Gasteiger partial charge in [0.15, 0.2) is 0 Å². The highest BCUT2D eigenvalue weighted by Crippen LogP contribution is 2.14. The predicted molar refractivity (Wildman–Crippen MR) is 102 cm³/mol. The second-order valence-corrected chi connectivity index (χ2v) is 6.60. The highest BCUT2D eigenvalue weighted by molar-refractivity contribution is 5.73. The van der Waals surface area contributed by atoms with Crippen LogP contribution in [0.5, 0.6) is 0 Å². The molecule has 0 aliphatic rings. The maximum absolute atomic E-state index is 12.3. The van der Waals surface area contributed by atoms with Gasteiger partial charge in [-0.05, 0) is 19.4 Å². The fourth-order valence-corrected chi connectivity index (χ4v) is 2.95. The fraction of sp³-hybridized carbons (Fsp3) is 0.350. The summed E-state index contributed by atoms with van der Waals surface area (Å²) < 4.78 is 7.25. The van der Waals surface area contributed by atoms with E-state index in [1.54, 1.807) is 18.1 Å². The van der Waals surface area contributed by atoms with E-state index in [2.05, 4.69) is 32.2 Å². The molecular weight excluding hydrogens is 342 g/mol. The summed E-state index contributed by atoms with van der Waals surface area (Å²) in [7, 11) is 1.76. The van der Waals surface area contributed by atoms with E-state index < -0.39 is 0 Å². The summed E-state index contributed by atoms with van der Waals surface area (Å²) in [6.07, 6.45) is 4.43. The Morgan fingerprint density at radius 1 is 1.26 bits per heavy atom. The summed E-state index contributed by atoms with van der Waals surface area (Å²) in [5.41, 5.74) is 2.99. The number of hydrogen-bond donors (Lipinski definition) is 1. The molecule has 0 fully saturated rings. The summed E-state index contributed by atoms with van der Waals surface area (Å²) in [5, 5.41) is 6.87. The van der Waals surface area contributed by atoms with Gasteiger partial charge in [-0.2, -0.15) is 0 Å². The van der Waals surface area contributed by atoms with E-state index in [0.29, 0.717) is 19.5 Å².